The molecular formula is C29H26N4O4. The van der Waals surface area contributed by atoms with Gasteiger partial charge in [0.2, 0.25) is 11.3 Å². The molecule has 186 valence electrons. The number of pyridine rings is 1. The van der Waals surface area contributed by atoms with Crippen molar-refractivity contribution >= 4 is 17.5 Å². The maximum atomic E-state index is 13.4. The second kappa shape index (κ2) is 10.4. The number of nitrogens with one attached hydrogen (secondary N) is 1. The van der Waals surface area contributed by atoms with E-state index in [9.17, 15) is 19.5 Å². The number of amides is 2. The first-order valence-corrected chi connectivity index (χ1v) is 12.0. The molecule has 0 aliphatic carbocycles. The van der Waals surface area contributed by atoms with Gasteiger partial charge in [0.05, 0.1) is 6.04 Å². The third-order valence-electron chi connectivity index (χ3n) is 6.33. The summed E-state index contributed by atoms with van der Waals surface area (Å²) >= 11 is 0. The molecule has 37 heavy (non-hydrogen) atoms. The van der Waals surface area contributed by atoms with E-state index >= 15 is 0 Å². The van der Waals surface area contributed by atoms with Crippen molar-refractivity contribution in [3.05, 3.63) is 130 Å². The Morgan fingerprint density at radius 1 is 0.838 bits per heavy atom. The summed E-state index contributed by atoms with van der Waals surface area (Å²) in [4.78, 5) is 39.9. The Labute approximate surface area is 214 Å². The molecule has 0 saturated heterocycles. The Morgan fingerprint density at radius 2 is 1.41 bits per heavy atom. The summed E-state index contributed by atoms with van der Waals surface area (Å²) in [5.74, 6) is -1.37. The lowest BCUT2D eigenvalue weighted by Gasteiger charge is -2.44. The fourth-order valence-electron chi connectivity index (χ4n) is 4.55. The number of aromatic hydroxyl groups is 1. The van der Waals surface area contributed by atoms with Crippen molar-refractivity contribution < 1.29 is 14.7 Å². The second-order valence-electron chi connectivity index (χ2n) is 8.76. The molecule has 5 rings (SSSR count). The van der Waals surface area contributed by atoms with Gasteiger partial charge in [0.1, 0.15) is 6.67 Å². The van der Waals surface area contributed by atoms with Crippen LogP contribution in [-0.4, -0.2) is 39.7 Å². The van der Waals surface area contributed by atoms with Crippen LogP contribution in [0.4, 0.5) is 5.69 Å². The van der Waals surface area contributed by atoms with Crippen LogP contribution in [0.5, 0.6) is 5.75 Å². The quantitative estimate of drug-likeness (QED) is 0.408. The van der Waals surface area contributed by atoms with E-state index in [2.05, 4.69) is 5.32 Å². The summed E-state index contributed by atoms with van der Waals surface area (Å²) in [5.41, 5.74) is 1.84. The van der Waals surface area contributed by atoms with Crippen LogP contribution in [0.25, 0.3) is 0 Å². The summed E-state index contributed by atoms with van der Waals surface area (Å²) in [6.07, 6.45) is 1.56. The topological polar surface area (TPSA) is 94.9 Å². The molecule has 0 spiro atoms. The molecule has 4 aromatic rings. The van der Waals surface area contributed by atoms with Crippen molar-refractivity contribution in [1.82, 2.24) is 9.58 Å². The predicted molar refractivity (Wildman–Crippen MR) is 141 cm³/mol. The van der Waals surface area contributed by atoms with Crippen LogP contribution < -0.4 is 15.8 Å². The summed E-state index contributed by atoms with van der Waals surface area (Å²) in [5, 5.41) is 15.4. The summed E-state index contributed by atoms with van der Waals surface area (Å²) < 4.78 is 1.55. The van der Waals surface area contributed by atoms with Crippen molar-refractivity contribution in [2.45, 2.75) is 12.5 Å². The van der Waals surface area contributed by atoms with E-state index in [-0.39, 0.29) is 37.3 Å². The number of hydrogen-bond donors (Lipinski definition) is 2. The lowest BCUT2D eigenvalue weighted by Crippen LogP contribution is -2.55. The summed E-state index contributed by atoms with van der Waals surface area (Å²) in [6.45, 7) is 0.244. The maximum Gasteiger partial charge on any atom is 0.277 e. The lowest BCUT2D eigenvalue weighted by atomic mass is 9.98. The molecule has 0 unspecified atom stereocenters. The normalized spacial score (nSPS) is 12.9. The standard InChI is InChI=1S/C29H26N4O4/c34-24-16-19-32-27(28(24)36)29(37)31(18-17-25(35)30-23-14-8-3-9-15-23)20-33(32)26(21-10-4-1-5-11-21)22-12-6-2-7-13-22/h1-16,19,26,36H,17-18,20H2,(H,30,35). The van der Waals surface area contributed by atoms with Crippen molar-refractivity contribution in [3.63, 3.8) is 0 Å². The van der Waals surface area contributed by atoms with Crippen molar-refractivity contribution in [2.75, 3.05) is 23.5 Å². The molecule has 1 aromatic heterocycles. The molecule has 2 heterocycles. The van der Waals surface area contributed by atoms with Crippen LogP contribution in [0.1, 0.15) is 34.1 Å². The Morgan fingerprint density at radius 3 is 2.00 bits per heavy atom. The van der Waals surface area contributed by atoms with Gasteiger partial charge in [-0.05, 0) is 23.3 Å². The van der Waals surface area contributed by atoms with Gasteiger partial charge in [0.15, 0.2) is 11.4 Å². The number of anilines is 1. The molecule has 0 radical (unpaired) electrons. The first-order chi connectivity index (χ1) is 18.0. The molecule has 0 bridgehead atoms. The zero-order chi connectivity index (χ0) is 25.8. The first kappa shape index (κ1) is 23.9. The van der Waals surface area contributed by atoms with E-state index in [1.807, 2.05) is 83.9 Å². The fraction of sp³-hybridized carbons (Fsp3) is 0.138. The van der Waals surface area contributed by atoms with E-state index in [0.717, 1.165) is 11.1 Å². The summed E-state index contributed by atoms with van der Waals surface area (Å²) in [6, 6.07) is 29.6. The zero-order valence-corrected chi connectivity index (χ0v) is 20.0. The van der Waals surface area contributed by atoms with E-state index in [1.54, 1.807) is 16.8 Å². The highest BCUT2D eigenvalue weighted by Gasteiger charge is 2.36. The van der Waals surface area contributed by atoms with Gasteiger partial charge in [-0.3, -0.25) is 24.1 Å². The van der Waals surface area contributed by atoms with Crippen LogP contribution in [-0.2, 0) is 4.79 Å². The van der Waals surface area contributed by atoms with Gasteiger partial charge >= 0.3 is 0 Å². The van der Waals surface area contributed by atoms with Gasteiger partial charge in [-0.25, -0.2) is 0 Å². The number of para-hydroxylation sites is 1. The predicted octanol–water partition coefficient (Wildman–Crippen LogP) is 3.72. The number of benzene rings is 3. The van der Waals surface area contributed by atoms with Crippen LogP contribution in [0.3, 0.4) is 0 Å². The Hall–Kier alpha value is -4.85. The number of carbonyl (C=O) groups is 2. The molecule has 3 aromatic carbocycles. The zero-order valence-electron chi connectivity index (χ0n) is 20.0. The molecule has 0 fully saturated rings. The van der Waals surface area contributed by atoms with Crippen molar-refractivity contribution in [3.8, 4) is 5.75 Å². The highest BCUT2D eigenvalue weighted by Crippen LogP contribution is 2.32. The average Bonchev–Trinajstić information content (AvgIpc) is 2.93. The number of carbonyl (C=O) groups excluding carboxylic acids is 2. The van der Waals surface area contributed by atoms with E-state index in [1.165, 1.54) is 17.2 Å². The largest absolute Gasteiger partial charge is 0.502 e. The monoisotopic (exact) mass is 494 g/mol. The lowest BCUT2D eigenvalue weighted by molar-refractivity contribution is -0.116. The van der Waals surface area contributed by atoms with Gasteiger partial charge < -0.3 is 15.3 Å². The molecule has 8 heteroatoms. The van der Waals surface area contributed by atoms with Gasteiger partial charge in [0, 0.05) is 30.9 Å². The number of hydrogen-bond acceptors (Lipinski definition) is 5. The molecule has 8 nitrogen and oxygen atoms in total. The van der Waals surface area contributed by atoms with Crippen LogP contribution in [0, 0.1) is 0 Å². The molecule has 2 amide bonds. The average molecular weight is 495 g/mol. The minimum Gasteiger partial charge on any atom is -0.502 e. The van der Waals surface area contributed by atoms with E-state index in [4.69, 9.17) is 0 Å². The molecule has 2 N–H and O–H groups in total. The first-order valence-electron chi connectivity index (χ1n) is 12.0. The van der Waals surface area contributed by atoms with Crippen LogP contribution >= 0.6 is 0 Å². The fourth-order valence-corrected chi connectivity index (χ4v) is 4.55. The van der Waals surface area contributed by atoms with Gasteiger partial charge in [0.25, 0.3) is 5.91 Å². The minimum atomic E-state index is -0.640. The Bertz CT molecular complexity index is 1420. The smallest absolute Gasteiger partial charge is 0.277 e. The van der Waals surface area contributed by atoms with E-state index in [0.29, 0.717) is 5.69 Å². The van der Waals surface area contributed by atoms with Crippen LogP contribution in [0.2, 0.25) is 0 Å². The van der Waals surface area contributed by atoms with Gasteiger partial charge in [-0.15, -0.1) is 0 Å². The van der Waals surface area contributed by atoms with Gasteiger partial charge in [-0.1, -0.05) is 78.9 Å². The Kier molecular flexibility index (Phi) is 6.72. The highest BCUT2D eigenvalue weighted by atomic mass is 16.3. The third kappa shape index (κ3) is 4.95. The number of fused-ring (bicyclic) bond motifs is 1. The van der Waals surface area contributed by atoms with Gasteiger partial charge in [-0.2, -0.15) is 0 Å². The molecular weight excluding hydrogens is 468 g/mol. The third-order valence-corrected chi connectivity index (χ3v) is 6.33. The number of nitrogens with zero attached hydrogens (tertiary/aromatic N) is 3. The van der Waals surface area contributed by atoms with Crippen LogP contribution in [0.15, 0.2) is 108 Å². The second-order valence-corrected chi connectivity index (χ2v) is 8.76. The number of aromatic nitrogens is 1. The molecule has 1 aliphatic heterocycles. The minimum absolute atomic E-state index is 0.0492. The molecule has 0 saturated carbocycles. The molecule has 0 atom stereocenters. The SMILES string of the molecule is O=C(CCN1CN(C(c2ccccc2)c2ccccc2)n2ccc(=O)c(O)c2C1=O)Nc1ccccc1. The number of rotatable bonds is 7. The van der Waals surface area contributed by atoms with Crippen molar-refractivity contribution in [1.29, 1.82) is 0 Å². The highest BCUT2D eigenvalue weighted by molar-refractivity contribution is 5.97. The van der Waals surface area contributed by atoms with Crippen molar-refractivity contribution in [2.24, 2.45) is 0 Å². The maximum absolute atomic E-state index is 13.4. The van der Waals surface area contributed by atoms with E-state index < -0.39 is 17.1 Å². The summed E-state index contributed by atoms with van der Waals surface area (Å²) in [7, 11) is 0. The Balaban J connectivity index is 1.51. The molecule has 1 aliphatic rings.